The first-order chi connectivity index (χ1) is 6.18. The number of hydrogen-bond donors (Lipinski definition) is 1. The molecule has 0 aliphatic carbocycles. The summed E-state index contributed by atoms with van der Waals surface area (Å²) in [6.07, 6.45) is 2.27. The van der Waals surface area contributed by atoms with Crippen LogP contribution in [-0.2, 0) is 0 Å². The lowest BCUT2D eigenvalue weighted by molar-refractivity contribution is 0.147. The average molecular weight is 200 g/mol. The highest BCUT2D eigenvalue weighted by Crippen LogP contribution is 2.31. The van der Waals surface area contributed by atoms with E-state index in [1.165, 1.54) is 0 Å². The minimum absolute atomic E-state index is 0.0444. The van der Waals surface area contributed by atoms with Crippen LogP contribution in [-0.4, -0.2) is 47.8 Å². The molecule has 0 aromatic carbocycles. The minimum Gasteiger partial charge on any atom is -0.330 e. The third kappa shape index (κ3) is 1.70. The Morgan fingerprint density at radius 3 is 2.85 bits per heavy atom. The topological polar surface area (TPSA) is 23.6 Å². The van der Waals surface area contributed by atoms with Gasteiger partial charge in [-0.15, -0.1) is 0 Å². The molecule has 2 fully saturated rings. The van der Waals surface area contributed by atoms with Crippen LogP contribution >= 0.6 is 12.6 Å². The summed E-state index contributed by atoms with van der Waals surface area (Å²) in [5.74, 6) is 0.690. The molecule has 74 valence electrons. The summed E-state index contributed by atoms with van der Waals surface area (Å²) < 4.78 is 0. The van der Waals surface area contributed by atoms with Gasteiger partial charge in [-0.05, 0) is 32.4 Å². The van der Waals surface area contributed by atoms with E-state index in [0.717, 1.165) is 32.5 Å². The van der Waals surface area contributed by atoms with Gasteiger partial charge in [-0.2, -0.15) is 0 Å². The summed E-state index contributed by atoms with van der Waals surface area (Å²) in [5.41, 5.74) is 0. The lowest BCUT2D eigenvalue weighted by Crippen LogP contribution is -2.45. The van der Waals surface area contributed by atoms with Crippen molar-refractivity contribution in [2.75, 3.05) is 26.7 Å². The van der Waals surface area contributed by atoms with Gasteiger partial charge in [-0.25, -0.2) is 0 Å². The molecule has 13 heavy (non-hydrogen) atoms. The van der Waals surface area contributed by atoms with Crippen LogP contribution in [0.4, 0.5) is 4.79 Å². The fourth-order valence-electron chi connectivity index (χ4n) is 2.60. The maximum absolute atomic E-state index is 11.2. The van der Waals surface area contributed by atoms with Crippen molar-refractivity contribution in [2.45, 2.75) is 18.9 Å². The molecule has 0 bridgehead atoms. The molecule has 2 rings (SSSR count). The number of piperidine rings is 1. The molecular weight excluding hydrogens is 184 g/mol. The highest BCUT2D eigenvalue weighted by atomic mass is 32.1. The summed E-state index contributed by atoms with van der Waals surface area (Å²) in [6.45, 7) is 3.16. The molecule has 0 aromatic rings. The summed E-state index contributed by atoms with van der Waals surface area (Å²) in [6, 6.07) is 0.473. The maximum Gasteiger partial charge on any atom is 0.278 e. The fraction of sp³-hybridized carbons (Fsp3) is 0.889. The monoisotopic (exact) mass is 200 g/mol. The fourth-order valence-corrected chi connectivity index (χ4v) is 2.85. The van der Waals surface area contributed by atoms with E-state index in [9.17, 15) is 4.79 Å². The van der Waals surface area contributed by atoms with E-state index >= 15 is 0 Å². The van der Waals surface area contributed by atoms with Crippen LogP contribution in [0.5, 0.6) is 0 Å². The van der Waals surface area contributed by atoms with Gasteiger partial charge in [-0.1, -0.05) is 12.6 Å². The number of carbonyl (C=O) groups is 1. The van der Waals surface area contributed by atoms with Crippen LogP contribution in [0.25, 0.3) is 0 Å². The maximum atomic E-state index is 11.2. The van der Waals surface area contributed by atoms with Crippen molar-refractivity contribution in [1.29, 1.82) is 0 Å². The first kappa shape index (κ1) is 9.34. The molecule has 0 radical (unpaired) electrons. The van der Waals surface area contributed by atoms with Crippen molar-refractivity contribution >= 4 is 17.9 Å². The van der Waals surface area contributed by atoms with Gasteiger partial charge >= 0.3 is 0 Å². The zero-order valence-corrected chi connectivity index (χ0v) is 8.83. The lowest BCUT2D eigenvalue weighted by Gasteiger charge is -2.35. The van der Waals surface area contributed by atoms with Crippen LogP contribution < -0.4 is 0 Å². The van der Waals surface area contributed by atoms with E-state index in [2.05, 4.69) is 24.6 Å². The number of rotatable bonds is 0. The zero-order chi connectivity index (χ0) is 9.42. The Kier molecular flexibility index (Phi) is 2.51. The molecule has 2 heterocycles. The molecule has 3 nitrogen and oxygen atoms in total. The summed E-state index contributed by atoms with van der Waals surface area (Å²) >= 11 is 3.91. The third-order valence-electron chi connectivity index (χ3n) is 3.28. The number of nitrogens with zero attached hydrogens (tertiary/aromatic N) is 2. The van der Waals surface area contributed by atoms with Crippen LogP contribution in [0.3, 0.4) is 0 Å². The number of thiol groups is 1. The van der Waals surface area contributed by atoms with Gasteiger partial charge < -0.3 is 9.80 Å². The smallest absolute Gasteiger partial charge is 0.278 e. The van der Waals surface area contributed by atoms with Gasteiger partial charge in [0.25, 0.3) is 5.24 Å². The first-order valence-electron chi connectivity index (χ1n) is 4.86. The van der Waals surface area contributed by atoms with Crippen molar-refractivity contribution in [1.82, 2.24) is 9.80 Å². The van der Waals surface area contributed by atoms with Crippen molar-refractivity contribution in [3.63, 3.8) is 0 Å². The molecule has 0 saturated carbocycles. The lowest BCUT2D eigenvalue weighted by atomic mass is 9.93. The first-order valence-corrected chi connectivity index (χ1v) is 5.31. The van der Waals surface area contributed by atoms with Crippen LogP contribution in [0, 0.1) is 5.92 Å². The molecule has 4 heteroatoms. The molecule has 2 atom stereocenters. The second-order valence-corrected chi connectivity index (χ2v) is 4.53. The summed E-state index contributed by atoms with van der Waals surface area (Å²) in [4.78, 5) is 15.4. The molecule has 1 amide bonds. The highest BCUT2D eigenvalue weighted by Gasteiger charge is 2.38. The predicted molar refractivity (Wildman–Crippen MR) is 55.1 cm³/mol. The van der Waals surface area contributed by atoms with Crippen LogP contribution in [0.15, 0.2) is 0 Å². The van der Waals surface area contributed by atoms with E-state index in [1.54, 1.807) is 0 Å². The van der Waals surface area contributed by atoms with E-state index in [1.807, 2.05) is 4.90 Å². The van der Waals surface area contributed by atoms with E-state index in [0.29, 0.717) is 12.0 Å². The van der Waals surface area contributed by atoms with Crippen LogP contribution in [0.2, 0.25) is 0 Å². The molecule has 0 N–H and O–H groups in total. The molecule has 2 aliphatic rings. The number of amides is 1. The third-order valence-corrected chi connectivity index (χ3v) is 3.54. The van der Waals surface area contributed by atoms with Gasteiger partial charge in [0.05, 0.1) is 0 Å². The molecule has 2 unspecified atom stereocenters. The molecule has 0 aromatic heterocycles. The van der Waals surface area contributed by atoms with Gasteiger partial charge in [0.1, 0.15) is 0 Å². The Labute approximate surface area is 84.5 Å². The average Bonchev–Trinajstić information content (AvgIpc) is 2.46. The van der Waals surface area contributed by atoms with Gasteiger partial charge in [0.2, 0.25) is 0 Å². The summed E-state index contributed by atoms with van der Waals surface area (Å²) in [7, 11) is 2.15. The van der Waals surface area contributed by atoms with Crippen molar-refractivity contribution in [2.24, 2.45) is 5.92 Å². The Balaban J connectivity index is 2.04. The number of hydrogen-bond acceptors (Lipinski definition) is 2. The zero-order valence-electron chi connectivity index (χ0n) is 7.94. The number of fused-ring (bicyclic) bond motifs is 1. The van der Waals surface area contributed by atoms with E-state index < -0.39 is 0 Å². The standard InChI is InChI=1S/C9H16N2OS/c1-10-4-3-8-7(6-10)2-5-11(8)9(12)13/h7-8H,2-6H2,1H3,(H,12,13). The Morgan fingerprint density at radius 2 is 2.15 bits per heavy atom. The summed E-state index contributed by atoms with van der Waals surface area (Å²) in [5, 5.41) is -0.0444. The highest BCUT2D eigenvalue weighted by molar-refractivity contribution is 7.96. The van der Waals surface area contributed by atoms with Crippen molar-refractivity contribution < 1.29 is 4.79 Å². The second kappa shape index (κ2) is 3.50. The SMILES string of the molecule is CN1CCC2C(CCN2C(=O)S)C1. The number of carbonyl (C=O) groups excluding carboxylic acids is 1. The van der Waals surface area contributed by atoms with E-state index in [4.69, 9.17) is 0 Å². The van der Waals surface area contributed by atoms with Gasteiger partial charge in [0, 0.05) is 19.1 Å². The molecular formula is C9H16N2OS. The molecule has 2 saturated heterocycles. The second-order valence-electron chi connectivity index (χ2n) is 4.14. The largest absolute Gasteiger partial charge is 0.330 e. The normalized spacial score (nSPS) is 34.8. The van der Waals surface area contributed by atoms with Gasteiger partial charge in [-0.3, -0.25) is 4.79 Å². The quantitative estimate of drug-likeness (QED) is 0.591. The predicted octanol–water partition coefficient (Wildman–Crippen LogP) is 1.06. The Hall–Kier alpha value is -0.220. The minimum atomic E-state index is -0.0444. The van der Waals surface area contributed by atoms with Crippen molar-refractivity contribution in [3.05, 3.63) is 0 Å². The van der Waals surface area contributed by atoms with Gasteiger partial charge in [0.15, 0.2) is 0 Å². The van der Waals surface area contributed by atoms with E-state index in [-0.39, 0.29) is 5.24 Å². The van der Waals surface area contributed by atoms with Crippen LogP contribution in [0.1, 0.15) is 12.8 Å². The van der Waals surface area contributed by atoms with Crippen molar-refractivity contribution in [3.8, 4) is 0 Å². The Bertz CT molecular complexity index is 222. The molecule has 0 spiro atoms. The number of likely N-dealkylation sites (tertiary alicyclic amines) is 2. The Morgan fingerprint density at radius 1 is 1.38 bits per heavy atom. The molecule has 2 aliphatic heterocycles.